The largest absolute Gasteiger partial charge is 0.348 e. The van der Waals surface area contributed by atoms with Gasteiger partial charge in [0.2, 0.25) is 11.8 Å². The zero-order valence-electron chi connectivity index (χ0n) is 10.4. The van der Waals surface area contributed by atoms with E-state index in [1.807, 2.05) is 38.2 Å². The summed E-state index contributed by atoms with van der Waals surface area (Å²) in [6.07, 6.45) is 0.258. The third-order valence-electron chi connectivity index (χ3n) is 3.77. The number of aryl methyl sites for hydroxylation is 1. The Labute approximate surface area is 105 Å². The van der Waals surface area contributed by atoms with Gasteiger partial charge in [-0.2, -0.15) is 0 Å². The van der Waals surface area contributed by atoms with Gasteiger partial charge in [-0.3, -0.25) is 14.9 Å². The van der Waals surface area contributed by atoms with Crippen LogP contribution in [0.4, 0.5) is 0 Å². The van der Waals surface area contributed by atoms with Gasteiger partial charge in [0.05, 0.1) is 5.92 Å². The third-order valence-corrected chi connectivity index (χ3v) is 3.77. The summed E-state index contributed by atoms with van der Waals surface area (Å²) in [5.74, 6) is -0.708. The van der Waals surface area contributed by atoms with Crippen LogP contribution < -0.4 is 5.32 Å². The van der Waals surface area contributed by atoms with E-state index in [-0.39, 0.29) is 24.2 Å². The molecule has 3 rings (SSSR count). The molecule has 0 saturated carbocycles. The molecule has 2 heterocycles. The van der Waals surface area contributed by atoms with Crippen LogP contribution in [0.2, 0.25) is 0 Å². The average molecular weight is 242 g/mol. The molecule has 1 unspecified atom stereocenters. The van der Waals surface area contributed by atoms with E-state index in [1.165, 1.54) is 0 Å². The highest BCUT2D eigenvalue weighted by Gasteiger charge is 2.35. The molecule has 0 spiro atoms. The molecule has 0 aliphatic carbocycles. The van der Waals surface area contributed by atoms with Crippen molar-refractivity contribution in [1.82, 2.24) is 9.88 Å². The Kier molecular flexibility index (Phi) is 2.26. The van der Waals surface area contributed by atoms with E-state index in [0.29, 0.717) is 0 Å². The Balaban J connectivity index is 2.26. The highest BCUT2D eigenvalue weighted by Crippen LogP contribution is 2.34. The number of carbonyl (C=O) groups excluding carboxylic acids is 2. The number of hydrogen-bond donors (Lipinski definition) is 1. The fourth-order valence-electron chi connectivity index (χ4n) is 2.78. The first-order valence-corrected chi connectivity index (χ1v) is 5.97. The van der Waals surface area contributed by atoms with Crippen LogP contribution in [0.25, 0.3) is 10.9 Å². The van der Waals surface area contributed by atoms with Crippen molar-refractivity contribution in [2.24, 2.45) is 7.05 Å². The fraction of sp³-hybridized carbons (Fsp3) is 0.286. The summed E-state index contributed by atoms with van der Waals surface area (Å²) in [5, 5.41) is 3.44. The second-order valence-corrected chi connectivity index (χ2v) is 4.74. The molecule has 4 heteroatoms. The Morgan fingerprint density at radius 3 is 2.67 bits per heavy atom. The molecular weight excluding hydrogens is 228 g/mol. The zero-order chi connectivity index (χ0) is 12.9. The molecule has 1 aromatic carbocycles. The maximum Gasteiger partial charge on any atom is 0.234 e. The molecule has 0 radical (unpaired) electrons. The number of carbonyl (C=O) groups is 2. The highest BCUT2D eigenvalue weighted by molar-refractivity contribution is 6.08. The lowest BCUT2D eigenvalue weighted by atomic mass is 9.95. The predicted octanol–water partition coefficient (Wildman–Crippen LogP) is 1.62. The Morgan fingerprint density at radius 2 is 2.00 bits per heavy atom. The Morgan fingerprint density at radius 1 is 1.28 bits per heavy atom. The van der Waals surface area contributed by atoms with Crippen molar-refractivity contribution in [3.63, 3.8) is 0 Å². The van der Waals surface area contributed by atoms with E-state index >= 15 is 0 Å². The number of hydrogen-bond acceptors (Lipinski definition) is 2. The van der Waals surface area contributed by atoms with E-state index in [2.05, 4.69) is 9.88 Å². The number of nitrogens with one attached hydrogen (secondary N) is 1. The minimum absolute atomic E-state index is 0.181. The maximum absolute atomic E-state index is 11.8. The van der Waals surface area contributed by atoms with Gasteiger partial charge in [-0.05, 0) is 18.6 Å². The van der Waals surface area contributed by atoms with Crippen molar-refractivity contribution in [2.75, 3.05) is 0 Å². The molecule has 1 aromatic heterocycles. The first-order chi connectivity index (χ1) is 8.59. The number of para-hydroxylation sites is 1. The van der Waals surface area contributed by atoms with Gasteiger partial charge in [0.15, 0.2) is 0 Å². The molecular formula is C14H14N2O2. The first kappa shape index (κ1) is 11.0. The molecule has 2 amide bonds. The second kappa shape index (κ2) is 3.70. The van der Waals surface area contributed by atoms with Crippen LogP contribution in [0, 0.1) is 6.92 Å². The van der Waals surface area contributed by atoms with Gasteiger partial charge in [0.25, 0.3) is 0 Å². The number of amides is 2. The summed E-state index contributed by atoms with van der Waals surface area (Å²) >= 11 is 0. The Bertz CT molecular complexity index is 670. The molecule has 0 bridgehead atoms. The summed E-state index contributed by atoms with van der Waals surface area (Å²) in [4.78, 5) is 23.2. The molecule has 18 heavy (non-hydrogen) atoms. The lowest BCUT2D eigenvalue weighted by Gasteiger charge is -2.07. The van der Waals surface area contributed by atoms with Gasteiger partial charge in [0, 0.05) is 30.1 Å². The van der Waals surface area contributed by atoms with Gasteiger partial charge >= 0.3 is 0 Å². The lowest BCUT2D eigenvalue weighted by Crippen LogP contribution is -2.21. The van der Waals surface area contributed by atoms with Gasteiger partial charge in [-0.15, -0.1) is 0 Å². The van der Waals surface area contributed by atoms with E-state index in [1.54, 1.807) is 0 Å². The van der Waals surface area contributed by atoms with Crippen LogP contribution in [-0.4, -0.2) is 16.4 Å². The molecule has 1 atom stereocenters. The third kappa shape index (κ3) is 1.38. The molecule has 2 aromatic rings. The smallest absolute Gasteiger partial charge is 0.234 e. The average Bonchev–Trinajstić information content (AvgIpc) is 2.79. The van der Waals surface area contributed by atoms with Crippen molar-refractivity contribution in [1.29, 1.82) is 0 Å². The minimum Gasteiger partial charge on any atom is -0.348 e. The number of nitrogens with zero attached hydrogens (tertiary/aromatic N) is 1. The number of benzene rings is 1. The van der Waals surface area contributed by atoms with E-state index in [9.17, 15) is 9.59 Å². The summed E-state index contributed by atoms with van der Waals surface area (Å²) in [5.41, 5.74) is 3.12. The summed E-state index contributed by atoms with van der Waals surface area (Å²) in [7, 11) is 1.98. The summed E-state index contributed by atoms with van der Waals surface area (Å²) in [6, 6.07) is 7.97. The van der Waals surface area contributed by atoms with Crippen molar-refractivity contribution < 1.29 is 9.59 Å². The van der Waals surface area contributed by atoms with Crippen LogP contribution >= 0.6 is 0 Å². The normalized spacial score (nSPS) is 19.6. The number of imide groups is 1. The molecule has 92 valence electrons. The van der Waals surface area contributed by atoms with Crippen molar-refractivity contribution in [2.45, 2.75) is 19.3 Å². The van der Waals surface area contributed by atoms with Crippen LogP contribution in [0.3, 0.4) is 0 Å². The quantitative estimate of drug-likeness (QED) is 0.772. The standard InChI is InChI=1S/C14H14N2O2/c1-8-13(10-7-12(17)15-14(10)18)9-5-3-4-6-11(9)16(8)2/h3-6,10H,7H2,1-2H3,(H,15,17,18). The highest BCUT2D eigenvalue weighted by atomic mass is 16.2. The molecule has 1 saturated heterocycles. The fourth-order valence-corrected chi connectivity index (χ4v) is 2.78. The molecule has 1 aliphatic heterocycles. The number of rotatable bonds is 1. The van der Waals surface area contributed by atoms with Gasteiger partial charge in [-0.1, -0.05) is 18.2 Å². The molecule has 4 nitrogen and oxygen atoms in total. The van der Waals surface area contributed by atoms with Gasteiger partial charge in [0.1, 0.15) is 0 Å². The van der Waals surface area contributed by atoms with E-state index < -0.39 is 0 Å². The summed E-state index contributed by atoms with van der Waals surface area (Å²) in [6.45, 7) is 1.99. The molecule has 1 aliphatic rings. The number of fused-ring (bicyclic) bond motifs is 1. The van der Waals surface area contributed by atoms with Crippen LogP contribution in [0.1, 0.15) is 23.6 Å². The monoisotopic (exact) mass is 242 g/mol. The van der Waals surface area contributed by atoms with Crippen molar-refractivity contribution in [3.8, 4) is 0 Å². The Hall–Kier alpha value is -2.10. The van der Waals surface area contributed by atoms with E-state index in [4.69, 9.17) is 0 Å². The predicted molar refractivity (Wildman–Crippen MR) is 68.2 cm³/mol. The van der Waals surface area contributed by atoms with Crippen LogP contribution in [0.15, 0.2) is 24.3 Å². The second-order valence-electron chi connectivity index (χ2n) is 4.74. The van der Waals surface area contributed by atoms with Crippen LogP contribution in [-0.2, 0) is 16.6 Å². The topological polar surface area (TPSA) is 51.1 Å². The minimum atomic E-state index is -0.344. The van der Waals surface area contributed by atoms with Gasteiger partial charge in [-0.25, -0.2) is 0 Å². The van der Waals surface area contributed by atoms with Crippen molar-refractivity contribution >= 4 is 22.7 Å². The number of aromatic nitrogens is 1. The SMILES string of the molecule is Cc1c(C2CC(=O)NC2=O)c2ccccc2n1C. The van der Waals surface area contributed by atoms with E-state index in [0.717, 1.165) is 22.2 Å². The zero-order valence-corrected chi connectivity index (χ0v) is 10.4. The molecule has 1 N–H and O–H groups in total. The maximum atomic E-state index is 11.8. The molecule has 1 fully saturated rings. The summed E-state index contributed by atoms with van der Waals surface area (Å²) < 4.78 is 2.07. The van der Waals surface area contributed by atoms with Crippen molar-refractivity contribution in [3.05, 3.63) is 35.5 Å². The first-order valence-electron chi connectivity index (χ1n) is 5.97. The lowest BCUT2D eigenvalue weighted by molar-refractivity contribution is -0.125. The van der Waals surface area contributed by atoms with Crippen LogP contribution in [0.5, 0.6) is 0 Å². The van der Waals surface area contributed by atoms with Gasteiger partial charge < -0.3 is 4.57 Å².